The largest absolute Gasteiger partial charge is 0.506 e. The average molecular weight is 633 g/mol. The van der Waals surface area contributed by atoms with Gasteiger partial charge in [0.1, 0.15) is 5.75 Å². The molecule has 0 fully saturated rings. The van der Waals surface area contributed by atoms with E-state index in [-0.39, 0.29) is 46.1 Å². The topological polar surface area (TPSA) is 207 Å². The molecule has 11 nitrogen and oxygen atoms in total. The van der Waals surface area contributed by atoms with E-state index in [9.17, 15) is 21.6 Å². The van der Waals surface area contributed by atoms with Crippen LogP contribution in [0.3, 0.4) is 0 Å². The summed E-state index contributed by atoms with van der Waals surface area (Å²) < 4.78 is 65.9. The van der Waals surface area contributed by atoms with Gasteiger partial charge >= 0.3 is 5.97 Å². The summed E-state index contributed by atoms with van der Waals surface area (Å²) in [6.07, 6.45) is 16.4. The number of anilines is 2. The number of esters is 1. The predicted molar refractivity (Wildman–Crippen MR) is 166 cm³/mol. The van der Waals surface area contributed by atoms with Crippen LogP contribution in [-0.2, 0) is 25.0 Å². The van der Waals surface area contributed by atoms with E-state index in [0.717, 1.165) is 49.6 Å². The molecule has 0 aromatic heterocycles. The Morgan fingerprint density at radius 2 is 1.10 bits per heavy atom. The van der Waals surface area contributed by atoms with Crippen molar-refractivity contribution in [2.45, 2.75) is 114 Å². The molecule has 240 valence electrons. The number of carbonyl (C=O) groups excluding carboxylic acids is 1. The van der Waals surface area contributed by atoms with Crippen molar-refractivity contribution in [1.29, 1.82) is 0 Å². The molecule has 0 bridgehead atoms. The molecule has 0 unspecified atom stereocenters. The zero-order valence-electron chi connectivity index (χ0n) is 23.6. The van der Waals surface area contributed by atoms with Crippen LogP contribution in [0.1, 0.15) is 104 Å². The van der Waals surface area contributed by atoms with Gasteiger partial charge < -0.3 is 21.3 Å². The number of nitrogen functional groups attached to an aromatic ring is 2. The fourth-order valence-electron chi connectivity index (χ4n) is 3.93. The number of ether oxygens (including phenoxy) is 1. The standard InChI is InChI=1S/C22H37NO5S.C6H7NO4S.CH4/c1-2-3-4-5-6-7-8-9-10-11-12-13-14-15-22(24)28-21-17-16-19(18-20(21)23)29(25,26)27;7-5-3-4(12(9,10)11)1-2-6(5)8;/h16-18H,2-15,23H2,1H3,(H,25,26,27);1-3,8H,7H2,(H,9,10,11);1H4. The summed E-state index contributed by atoms with van der Waals surface area (Å²) in [7, 11) is -8.56. The lowest BCUT2D eigenvalue weighted by Crippen LogP contribution is -2.09. The summed E-state index contributed by atoms with van der Waals surface area (Å²) in [6, 6.07) is 6.63. The molecule has 13 heteroatoms. The van der Waals surface area contributed by atoms with Crippen LogP contribution in [0.25, 0.3) is 0 Å². The first-order chi connectivity index (χ1) is 19.3. The van der Waals surface area contributed by atoms with Crippen LogP contribution in [0.5, 0.6) is 11.5 Å². The minimum atomic E-state index is -4.33. The first kappa shape index (κ1) is 39.1. The molecule has 7 N–H and O–H groups in total. The Bertz CT molecular complexity index is 1300. The highest BCUT2D eigenvalue weighted by atomic mass is 32.2. The maximum Gasteiger partial charge on any atom is 0.311 e. The molecule has 0 aliphatic rings. The highest BCUT2D eigenvalue weighted by molar-refractivity contribution is 7.86. The lowest BCUT2D eigenvalue weighted by molar-refractivity contribution is -0.134. The number of hydrogen-bond acceptors (Lipinski definition) is 9. The SMILES string of the molecule is C.CCCCCCCCCCCCCCCC(=O)Oc1ccc(S(=O)(=O)O)cc1N.Nc1cc(S(=O)(=O)O)ccc1O. The van der Waals surface area contributed by atoms with Crippen LogP contribution < -0.4 is 16.2 Å². The van der Waals surface area contributed by atoms with Crippen LogP contribution in [0.15, 0.2) is 46.2 Å². The number of unbranched alkanes of at least 4 members (excludes halogenated alkanes) is 12. The van der Waals surface area contributed by atoms with Crippen LogP contribution in [0.4, 0.5) is 11.4 Å². The number of aromatic hydroxyl groups is 1. The molecule has 42 heavy (non-hydrogen) atoms. The molecule has 0 saturated carbocycles. The Balaban J connectivity index is 0.00000108. The molecular formula is C29H48N2O9S2. The van der Waals surface area contributed by atoms with Crippen molar-refractivity contribution >= 4 is 37.6 Å². The smallest absolute Gasteiger partial charge is 0.311 e. The van der Waals surface area contributed by atoms with Gasteiger partial charge in [-0.2, -0.15) is 16.8 Å². The molecule has 0 radical (unpaired) electrons. The molecule has 2 aromatic rings. The number of phenolic OH excluding ortho intramolecular Hbond substituents is 1. The van der Waals surface area contributed by atoms with Gasteiger partial charge in [0.05, 0.1) is 21.2 Å². The van der Waals surface area contributed by atoms with Gasteiger partial charge in [0.2, 0.25) is 0 Å². The van der Waals surface area contributed by atoms with E-state index in [1.807, 2.05) is 0 Å². The monoisotopic (exact) mass is 632 g/mol. The number of hydrogen-bond donors (Lipinski definition) is 5. The van der Waals surface area contributed by atoms with E-state index in [4.69, 9.17) is 30.4 Å². The lowest BCUT2D eigenvalue weighted by atomic mass is 10.0. The lowest BCUT2D eigenvalue weighted by Gasteiger charge is -2.08. The quantitative estimate of drug-likeness (QED) is 0.0307. The Morgan fingerprint density at radius 1 is 0.690 bits per heavy atom. The molecule has 0 aliphatic carbocycles. The van der Waals surface area contributed by atoms with Gasteiger partial charge in [-0.25, -0.2) is 0 Å². The first-order valence-corrected chi connectivity index (χ1v) is 16.8. The Labute approximate surface area is 251 Å². The van der Waals surface area contributed by atoms with Crippen LogP contribution in [0.2, 0.25) is 0 Å². The molecule has 0 amide bonds. The van der Waals surface area contributed by atoms with E-state index in [0.29, 0.717) is 6.42 Å². The summed E-state index contributed by atoms with van der Waals surface area (Å²) in [4.78, 5) is 11.2. The van der Waals surface area contributed by atoms with E-state index in [2.05, 4.69) is 6.92 Å². The maximum atomic E-state index is 11.9. The van der Waals surface area contributed by atoms with Gasteiger partial charge in [0.25, 0.3) is 20.2 Å². The molecule has 0 saturated heterocycles. The summed E-state index contributed by atoms with van der Waals surface area (Å²) in [5, 5.41) is 8.91. The summed E-state index contributed by atoms with van der Waals surface area (Å²) in [5.74, 6) is -0.501. The maximum absolute atomic E-state index is 11.9. The van der Waals surface area contributed by atoms with Crippen molar-refractivity contribution in [2.75, 3.05) is 11.5 Å². The molecule has 0 spiro atoms. The molecule has 2 rings (SSSR count). The molecule has 0 aliphatic heterocycles. The van der Waals surface area contributed by atoms with Crippen molar-refractivity contribution in [3.05, 3.63) is 36.4 Å². The molecule has 0 heterocycles. The second-order valence-corrected chi connectivity index (χ2v) is 12.7. The highest BCUT2D eigenvalue weighted by Gasteiger charge is 2.14. The number of carbonyl (C=O) groups is 1. The summed E-state index contributed by atoms with van der Waals surface area (Å²) in [5.41, 5.74) is 10.8. The number of nitrogens with two attached hydrogens (primary N) is 2. The van der Waals surface area contributed by atoms with Gasteiger partial charge in [-0.15, -0.1) is 0 Å². The van der Waals surface area contributed by atoms with Crippen molar-refractivity contribution < 1.29 is 40.6 Å². The Hall–Kier alpha value is -2.87. The van der Waals surface area contributed by atoms with E-state index in [1.54, 1.807) is 0 Å². The first-order valence-electron chi connectivity index (χ1n) is 13.9. The van der Waals surface area contributed by atoms with Gasteiger partial charge in [0.15, 0.2) is 5.75 Å². The highest BCUT2D eigenvalue weighted by Crippen LogP contribution is 2.25. The molecular weight excluding hydrogens is 584 g/mol. The fourth-order valence-corrected chi connectivity index (χ4v) is 4.97. The minimum absolute atomic E-state index is 0. The Morgan fingerprint density at radius 3 is 1.50 bits per heavy atom. The van der Waals surface area contributed by atoms with Crippen LogP contribution in [-0.4, -0.2) is 37.0 Å². The third-order valence-corrected chi connectivity index (χ3v) is 7.98. The van der Waals surface area contributed by atoms with Crippen LogP contribution >= 0.6 is 0 Å². The van der Waals surface area contributed by atoms with Gasteiger partial charge in [-0.3, -0.25) is 13.9 Å². The van der Waals surface area contributed by atoms with Gasteiger partial charge in [-0.1, -0.05) is 91.4 Å². The molecule has 0 atom stereocenters. The summed E-state index contributed by atoms with van der Waals surface area (Å²) >= 11 is 0. The van der Waals surface area contributed by atoms with Crippen molar-refractivity contribution in [1.82, 2.24) is 0 Å². The number of phenols is 1. The zero-order valence-corrected chi connectivity index (χ0v) is 25.3. The van der Waals surface area contributed by atoms with E-state index >= 15 is 0 Å². The number of rotatable bonds is 17. The second kappa shape index (κ2) is 20.1. The normalized spacial score (nSPS) is 11.2. The zero-order chi connectivity index (χ0) is 30.9. The van der Waals surface area contributed by atoms with Crippen molar-refractivity contribution in [3.8, 4) is 11.5 Å². The Kier molecular flexibility index (Phi) is 18.7. The second-order valence-electron chi connectivity index (χ2n) is 9.84. The minimum Gasteiger partial charge on any atom is -0.506 e. The fraction of sp³-hybridized carbons (Fsp3) is 0.552. The van der Waals surface area contributed by atoms with Crippen molar-refractivity contribution in [2.24, 2.45) is 0 Å². The predicted octanol–water partition coefficient (Wildman–Crippen LogP) is 6.76. The van der Waals surface area contributed by atoms with E-state index in [1.165, 1.54) is 70.3 Å². The van der Waals surface area contributed by atoms with E-state index < -0.39 is 20.2 Å². The third-order valence-electron chi connectivity index (χ3n) is 6.28. The third kappa shape index (κ3) is 16.5. The number of benzene rings is 2. The van der Waals surface area contributed by atoms with Gasteiger partial charge in [0, 0.05) is 6.42 Å². The van der Waals surface area contributed by atoms with Gasteiger partial charge in [-0.05, 0) is 42.8 Å². The van der Waals surface area contributed by atoms with Crippen molar-refractivity contribution in [3.63, 3.8) is 0 Å². The average Bonchev–Trinajstić information content (AvgIpc) is 2.88. The molecule has 2 aromatic carbocycles. The summed E-state index contributed by atoms with van der Waals surface area (Å²) in [6.45, 7) is 2.24. The van der Waals surface area contributed by atoms with Crippen LogP contribution in [0, 0.1) is 0 Å².